The largest absolute Gasteiger partial charge is 0.352 e. The number of carbonyl (C=O) groups is 2. The second-order valence-corrected chi connectivity index (χ2v) is 9.10. The van der Waals surface area contributed by atoms with Gasteiger partial charge in [0.25, 0.3) is 0 Å². The molecule has 0 aliphatic heterocycles. The van der Waals surface area contributed by atoms with Crippen LogP contribution in [0, 0.1) is 0 Å². The van der Waals surface area contributed by atoms with Crippen LogP contribution in [-0.2, 0) is 22.4 Å². The van der Waals surface area contributed by atoms with Gasteiger partial charge < -0.3 is 10.2 Å². The van der Waals surface area contributed by atoms with E-state index in [1.807, 2.05) is 37.3 Å². The summed E-state index contributed by atoms with van der Waals surface area (Å²) >= 11 is 12.3. The molecule has 2 amide bonds. The molecular formula is C25H30Cl2N2O2. The Balaban J connectivity index is 1.72. The molecule has 1 aliphatic rings. The fourth-order valence-corrected chi connectivity index (χ4v) is 4.54. The van der Waals surface area contributed by atoms with E-state index >= 15 is 0 Å². The molecule has 2 aromatic rings. The van der Waals surface area contributed by atoms with Crippen LogP contribution in [0.2, 0.25) is 10.0 Å². The summed E-state index contributed by atoms with van der Waals surface area (Å²) in [6, 6.07) is 14.8. The minimum Gasteiger partial charge on any atom is -0.352 e. The van der Waals surface area contributed by atoms with Gasteiger partial charge in [-0.2, -0.15) is 0 Å². The molecule has 2 aromatic carbocycles. The molecule has 0 radical (unpaired) electrons. The second-order valence-electron chi connectivity index (χ2n) is 8.25. The first-order valence-electron chi connectivity index (χ1n) is 11.0. The predicted molar refractivity (Wildman–Crippen MR) is 127 cm³/mol. The highest BCUT2D eigenvalue weighted by Crippen LogP contribution is 2.23. The summed E-state index contributed by atoms with van der Waals surface area (Å²) < 4.78 is 0. The molecule has 1 saturated carbocycles. The highest BCUT2D eigenvalue weighted by molar-refractivity contribution is 6.35. The van der Waals surface area contributed by atoms with Crippen LogP contribution in [0.3, 0.4) is 0 Å². The van der Waals surface area contributed by atoms with E-state index in [1.54, 1.807) is 23.1 Å². The Morgan fingerprint density at radius 1 is 1.06 bits per heavy atom. The number of nitrogens with zero attached hydrogens (tertiary/aromatic N) is 1. The average molecular weight is 461 g/mol. The number of halogens is 2. The molecule has 0 heterocycles. The Labute approximate surface area is 194 Å². The van der Waals surface area contributed by atoms with Crippen molar-refractivity contribution in [3.05, 3.63) is 69.7 Å². The summed E-state index contributed by atoms with van der Waals surface area (Å²) in [7, 11) is 0. The third-order valence-corrected chi connectivity index (χ3v) is 6.55. The first kappa shape index (κ1) is 23.6. The van der Waals surface area contributed by atoms with Crippen LogP contribution in [-0.4, -0.2) is 35.3 Å². The van der Waals surface area contributed by atoms with Gasteiger partial charge in [0.05, 0.1) is 6.42 Å². The molecule has 0 saturated heterocycles. The first-order chi connectivity index (χ1) is 14.9. The number of carbonyl (C=O) groups excluding carboxylic acids is 2. The smallest absolute Gasteiger partial charge is 0.242 e. The second kappa shape index (κ2) is 11.5. The van der Waals surface area contributed by atoms with Gasteiger partial charge in [-0.1, -0.05) is 78.9 Å². The van der Waals surface area contributed by atoms with Crippen molar-refractivity contribution in [3.8, 4) is 0 Å². The zero-order valence-electron chi connectivity index (χ0n) is 17.9. The molecule has 4 nitrogen and oxygen atoms in total. The van der Waals surface area contributed by atoms with Crippen molar-refractivity contribution in [1.82, 2.24) is 10.2 Å². The molecule has 0 spiro atoms. The van der Waals surface area contributed by atoms with Gasteiger partial charge in [-0.15, -0.1) is 0 Å². The van der Waals surface area contributed by atoms with Crippen molar-refractivity contribution in [2.75, 3.05) is 6.54 Å². The van der Waals surface area contributed by atoms with Crippen molar-refractivity contribution >= 4 is 35.0 Å². The van der Waals surface area contributed by atoms with Crippen LogP contribution in [0.25, 0.3) is 0 Å². The van der Waals surface area contributed by atoms with Gasteiger partial charge in [0.15, 0.2) is 0 Å². The predicted octanol–water partition coefficient (Wildman–Crippen LogP) is 5.44. The van der Waals surface area contributed by atoms with Gasteiger partial charge in [0, 0.05) is 22.6 Å². The van der Waals surface area contributed by atoms with E-state index in [2.05, 4.69) is 5.32 Å². The first-order valence-corrected chi connectivity index (χ1v) is 11.8. The zero-order chi connectivity index (χ0) is 22.2. The van der Waals surface area contributed by atoms with Crippen LogP contribution in [0.1, 0.15) is 50.2 Å². The number of hydrogen-bond acceptors (Lipinski definition) is 2. The highest BCUT2D eigenvalue weighted by Gasteiger charge is 2.28. The van der Waals surface area contributed by atoms with Gasteiger partial charge in [0.1, 0.15) is 6.04 Å². The molecular weight excluding hydrogens is 431 g/mol. The summed E-state index contributed by atoms with van der Waals surface area (Å²) in [5.74, 6) is -0.207. The van der Waals surface area contributed by atoms with Crippen molar-refractivity contribution in [2.45, 2.75) is 64.0 Å². The van der Waals surface area contributed by atoms with Crippen LogP contribution < -0.4 is 5.32 Å². The molecule has 6 heteroatoms. The normalized spacial score (nSPS) is 15.3. The molecule has 1 atom stereocenters. The molecule has 1 aliphatic carbocycles. The number of hydrogen-bond donors (Lipinski definition) is 1. The monoisotopic (exact) mass is 460 g/mol. The molecule has 0 unspecified atom stereocenters. The molecule has 0 aromatic heterocycles. The maximum atomic E-state index is 13.3. The van der Waals surface area contributed by atoms with Crippen molar-refractivity contribution < 1.29 is 9.59 Å². The Morgan fingerprint density at radius 2 is 1.77 bits per heavy atom. The topological polar surface area (TPSA) is 49.4 Å². The lowest BCUT2D eigenvalue weighted by Gasteiger charge is -2.31. The lowest BCUT2D eigenvalue weighted by molar-refractivity contribution is -0.139. The lowest BCUT2D eigenvalue weighted by Crippen LogP contribution is -2.51. The van der Waals surface area contributed by atoms with Crippen LogP contribution in [0.5, 0.6) is 0 Å². The minimum atomic E-state index is -0.552. The maximum absolute atomic E-state index is 13.3. The number of nitrogens with one attached hydrogen (secondary N) is 1. The fraction of sp³-hybridized carbons (Fsp3) is 0.440. The van der Waals surface area contributed by atoms with Crippen LogP contribution in [0.15, 0.2) is 48.5 Å². The van der Waals surface area contributed by atoms with E-state index in [0.29, 0.717) is 28.6 Å². The number of amides is 2. The van der Waals surface area contributed by atoms with E-state index in [-0.39, 0.29) is 24.3 Å². The third-order valence-electron chi connectivity index (χ3n) is 5.96. The van der Waals surface area contributed by atoms with E-state index in [1.165, 1.54) is 6.42 Å². The van der Waals surface area contributed by atoms with E-state index in [0.717, 1.165) is 31.2 Å². The summed E-state index contributed by atoms with van der Waals surface area (Å²) in [4.78, 5) is 27.9. The van der Waals surface area contributed by atoms with Gasteiger partial charge in [-0.3, -0.25) is 9.59 Å². The van der Waals surface area contributed by atoms with Crippen LogP contribution in [0.4, 0.5) is 0 Å². The average Bonchev–Trinajstić information content (AvgIpc) is 2.77. The zero-order valence-corrected chi connectivity index (χ0v) is 19.5. The van der Waals surface area contributed by atoms with Crippen LogP contribution >= 0.6 is 23.2 Å². The third kappa shape index (κ3) is 6.98. The number of benzene rings is 2. The Kier molecular flexibility index (Phi) is 8.79. The highest BCUT2D eigenvalue weighted by atomic mass is 35.5. The quantitative estimate of drug-likeness (QED) is 0.569. The van der Waals surface area contributed by atoms with Gasteiger partial charge in [-0.05, 0) is 49.4 Å². The van der Waals surface area contributed by atoms with E-state index in [9.17, 15) is 9.59 Å². The summed E-state index contributed by atoms with van der Waals surface area (Å²) in [5, 5.41) is 4.15. The Morgan fingerprint density at radius 3 is 2.45 bits per heavy atom. The van der Waals surface area contributed by atoms with Gasteiger partial charge >= 0.3 is 0 Å². The van der Waals surface area contributed by atoms with E-state index in [4.69, 9.17) is 23.2 Å². The molecule has 166 valence electrons. The van der Waals surface area contributed by atoms with Crippen molar-refractivity contribution in [1.29, 1.82) is 0 Å². The Hall–Kier alpha value is -2.04. The standard InChI is InChI=1S/C25H30Cl2N2O2/c1-18(25(31)28-22-10-6-3-7-11-22)29(15-14-19-8-4-2-5-9-19)24(30)16-20-12-13-21(26)17-23(20)27/h2,4-5,8-9,12-13,17-18,22H,3,6-7,10-11,14-16H2,1H3,(H,28,31)/t18-/m1/s1. The van der Waals surface area contributed by atoms with Crippen molar-refractivity contribution in [2.24, 2.45) is 0 Å². The molecule has 1 fully saturated rings. The molecule has 3 rings (SSSR count). The SMILES string of the molecule is C[C@H](C(=O)NC1CCCCC1)N(CCc1ccccc1)C(=O)Cc1ccc(Cl)cc1Cl. The fourth-order valence-electron chi connectivity index (χ4n) is 4.07. The molecule has 31 heavy (non-hydrogen) atoms. The molecule has 0 bridgehead atoms. The minimum absolute atomic E-state index is 0.0875. The lowest BCUT2D eigenvalue weighted by atomic mass is 9.95. The van der Waals surface area contributed by atoms with Gasteiger partial charge in [0.2, 0.25) is 11.8 Å². The number of rotatable bonds is 8. The Bertz CT molecular complexity index is 882. The summed E-state index contributed by atoms with van der Waals surface area (Å²) in [6.07, 6.45) is 6.35. The van der Waals surface area contributed by atoms with E-state index < -0.39 is 6.04 Å². The maximum Gasteiger partial charge on any atom is 0.242 e. The summed E-state index contributed by atoms with van der Waals surface area (Å²) in [5.41, 5.74) is 1.84. The van der Waals surface area contributed by atoms with Crippen molar-refractivity contribution in [3.63, 3.8) is 0 Å². The summed E-state index contributed by atoms with van der Waals surface area (Å²) in [6.45, 7) is 2.28. The van der Waals surface area contributed by atoms with Gasteiger partial charge in [-0.25, -0.2) is 0 Å². The molecule has 1 N–H and O–H groups in total.